The van der Waals surface area contributed by atoms with Gasteiger partial charge in [-0.1, -0.05) is 6.92 Å². The lowest BCUT2D eigenvalue weighted by Gasteiger charge is -1.72. The molecule has 0 aliphatic rings. The Hall–Kier alpha value is -0.200. The molecule has 6 heavy (non-hydrogen) atoms. The third-order valence-electron chi connectivity index (χ3n) is 0.298. The smallest absolute Gasteiger partial charge is 0.131 e. The van der Waals surface area contributed by atoms with E-state index in [0.29, 0.717) is 0 Å². The molecule has 0 aromatic carbocycles. The fourth-order valence-corrected chi connectivity index (χ4v) is 0.352. The van der Waals surface area contributed by atoms with Crippen molar-refractivity contribution in [1.29, 1.82) is 0 Å². The van der Waals surface area contributed by atoms with Gasteiger partial charge in [-0.15, -0.1) is 11.8 Å². The van der Waals surface area contributed by atoms with Crippen molar-refractivity contribution in [2.24, 2.45) is 0 Å². The number of carbonyl (C=O) groups excluding carboxylic acids is 1. The maximum absolute atomic E-state index is 9.36. The second-order valence-corrected chi connectivity index (χ2v) is 1.84. The first-order chi connectivity index (χ1) is 2.91. The predicted molar refractivity (Wildman–Crippen MR) is 28.4 cm³/mol. The zero-order chi connectivity index (χ0) is 4.83. The first-order valence-electron chi connectivity index (χ1n) is 1.72. The molecule has 0 amide bonds. The zero-order valence-electron chi connectivity index (χ0n) is 3.60. The average molecular weight is 102 g/mol. The van der Waals surface area contributed by atoms with Crippen molar-refractivity contribution in [3.63, 3.8) is 0 Å². The van der Waals surface area contributed by atoms with Gasteiger partial charge in [0, 0.05) is 0 Å². The summed E-state index contributed by atoms with van der Waals surface area (Å²) in [6.45, 7) is 1.98. The first kappa shape index (κ1) is 5.80. The Morgan fingerprint density at radius 1 is 2.00 bits per heavy atom. The van der Waals surface area contributed by atoms with E-state index in [1.807, 2.05) is 6.92 Å². The number of hydrogen-bond donors (Lipinski definition) is 0. The molecule has 0 N–H and O–H groups in total. The molecular weight excluding hydrogens is 96.1 g/mol. The van der Waals surface area contributed by atoms with Crippen LogP contribution in [0.1, 0.15) is 6.92 Å². The normalized spacial score (nSPS) is 6.83. The lowest BCUT2D eigenvalue weighted by Crippen LogP contribution is -1.55. The van der Waals surface area contributed by atoms with Gasteiger partial charge >= 0.3 is 0 Å². The quantitative estimate of drug-likeness (QED) is 0.485. The highest BCUT2D eigenvalue weighted by atomic mass is 32.2. The fourth-order valence-electron chi connectivity index (χ4n) is 0.117. The van der Waals surface area contributed by atoms with Crippen LogP contribution in [-0.2, 0) is 4.79 Å². The van der Waals surface area contributed by atoms with Crippen LogP contribution in [0.5, 0.6) is 0 Å². The van der Waals surface area contributed by atoms with Gasteiger partial charge in [0.05, 0.1) is 5.41 Å². The molecule has 0 rings (SSSR count). The molecule has 2 heteroatoms. The van der Waals surface area contributed by atoms with Gasteiger partial charge in [-0.2, -0.15) is 0 Å². The van der Waals surface area contributed by atoms with Gasteiger partial charge in [-0.25, -0.2) is 4.79 Å². The minimum atomic E-state index is 0.954. The Balaban J connectivity index is 2.86. The van der Waals surface area contributed by atoms with Crippen LogP contribution < -0.4 is 0 Å². The van der Waals surface area contributed by atoms with E-state index >= 15 is 0 Å². The van der Waals surface area contributed by atoms with Gasteiger partial charge in [0.15, 0.2) is 0 Å². The molecule has 0 heterocycles. The van der Waals surface area contributed by atoms with Crippen molar-refractivity contribution in [1.82, 2.24) is 0 Å². The summed E-state index contributed by atoms with van der Waals surface area (Å²) in [5, 5.41) is 1.42. The fraction of sp³-hybridized carbons (Fsp3) is 0.500. The van der Waals surface area contributed by atoms with Gasteiger partial charge in [0.1, 0.15) is 5.94 Å². The van der Waals surface area contributed by atoms with Gasteiger partial charge in [-0.05, 0) is 5.75 Å². The summed E-state index contributed by atoms with van der Waals surface area (Å²) in [6, 6.07) is 0. The molecule has 34 valence electrons. The van der Waals surface area contributed by atoms with Crippen LogP contribution in [0.3, 0.4) is 0 Å². The van der Waals surface area contributed by atoms with E-state index in [4.69, 9.17) is 0 Å². The van der Waals surface area contributed by atoms with E-state index < -0.39 is 0 Å². The maximum atomic E-state index is 9.36. The summed E-state index contributed by atoms with van der Waals surface area (Å²) < 4.78 is 0. The Morgan fingerprint density at radius 3 is 2.83 bits per heavy atom. The molecule has 0 aromatic heterocycles. The van der Waals surface area contributed by atoms with Crippen molar-refractivity contribution in [2.45, 2.75) is 6.92 Å². The molecule has 0 aliphatic carbocycles. The average Bonchev–Trinajstić information content (AvgIpc) is 1.61. The van der Waals surface area contributed by atoms with E-state index in [1.165, 1.54) is 17.2 Å². The van der Waals surface area contributed by atoms with Crippen molar-refractivity contribution in [3.8, 4) is 0 Å². The van der Waals surface area contributed by atoms with Crippen LogP contribution in [0.15, 0.2) is 5.41 Å². The van der Waals surface area contributed by atoms with Crippen LogP contribution in [0, 0.1) is 0 Å². The molecule has 1 nitrogen and oxygen atoms in total. The lowest BCUT2D eigenvalue weighted by molar-refractivity contribution is 0.569. The summed E-state index contributed by atoms with van der Waals surface area (Å²) in [5.41, 5.74) is 0. The highest BCUT2D eigenvalue weighted by Gasteiger charge is 1.65. The van der Waals surface area contributed by atoms with Gasteiger partial charge in [0.25, 0.3) is 0 Å². The summed E-state index contributed by atoms with van der Waals surface area (Å²) in [4.78, 5) is 9.36. The molecule has 0 saturated heterocycles. The number of thioether (sulfide) groups is 1. The summed E-state index contributed by atoms with van der Waals surface area (Å²) in [5.74, 6) is 2.61. The Kier molecular flexibility index (Phi) is 4.64. The van der Waals surface area contributed by atoms with Crippen LogP contribution >= 0.6 is 11.8 Å². The lowest BCUT2D eigenvalue weighted by atomic mass is 11.0. The number of rotatable bonds is 2. The van der Waals surface area contributed by atoms with E-state index in [1.54, 1.807) is 5.94 Å². The summed E-state index contributed by atoms with van der Waals surface area (Å²) >= 11 is 1.46. The molecule has 0 bridgehead atoms. The monoisotopic (exact) mass is 102 g/mol. The van der Waals surface area contributed by atoms with Gasteiger partial charge < -0.3 is 0 Å². The van der Waals surface area contributed by atoms with Gasteiger partial charge in [-0.3, -0.25) is 0 Å². The van der Waals surface area contributed by atoms with Crippen LogP contribution in [0.25, 0.3) is 0 Å². The van der Waals surface area contributed by atoms with Crippen molar-refractivity contribution in [2.75, 3.05) is 5.75 Å². The van der Waals surface area contributed by atoms with E-state index in [9.17, 15) is 4.79 Å². The minimum Gasteiger partial charge on any atom is -0.233 e. The van der Waals surface area contributed by atoms with Crippen molar-refractivity contribution < 1.29 is 4.79 Å². The molecule has 0 aliphatic heterocycles. The molecule has 0 unspecified atom stereocenters. The molecule has 0 aromatic rings. The van der Waals surface area contributed by atoms with Crippen molar-refractivity contribution >= 4 is 17.7 Å². The second-order valence-electron chi connectivity index (χ2n) is 0.691. The predicted octanol–water partition coefficient (Wildman–Crippen LogP) is 1.08. The Labute approximate surface area is 41.4 Å². The van der Waals surface area contributed by atoms with E-state index in [-0.39, 0.29) is 0 Å². The standard InChI is InChI=1S/C4H6OS/c1-2-6-4-3-5/h4H,2H2,1H3. The zero-order valence-corrected chi connectivity index (χ0v) is 4.42. The van der Waals surface area contributed by atoms with Crippen LogP contribution in [-0.4, -0.2) is 11.7 Å². The molecule has 0 atom stereocenters. The second kappa shape index (κ2) is 4.80. The molecule has 0 fully saturated rings. The SMILES string of the molecule is CCSC=C=O. The van der Waals surface area contributed by atoms with E-state index in [0.717, 1.165) is 5.75 Å². The third-order valence-corrected chi connectivity index (χ3v) is 0.894. The largest absolute Gasteiger partial charge is 0.233 e. The van der Waals surface area contributed by atoms with Crippen LogP contribution in [0.4, 0.5) is 0 Å². The first-order valence-corrected chi connectivity index (χ1v) is 2.77. The third kappa shape index (κ3) is 3.80. The Morgan fingerprint density at radius 2 is 2.67 bits per heavy atom. The maximum Gasteiger partial charge on any atom is 0.131 e. The highest BCUT2D eigenvalue weighted by molar-refractivity contribution is 8.02. The summed E-state index contributed by atoms with van der Waals surface area (Å²) in [6.07, 6.45) is 0. The topological polar surface area (TPSA) is 17.1 Å². The molecule has 0 spiro atoms. The summed E-state index contributed by atoms with van der Waals surface area (Å²) in [7, 11) is 0. The molecular formula is C4H6OS. The van der Waals surface area contributed by atoms with Crippen LogP contribution in [0.2, 0.25) is 0 Å². The number of hydrogen-bond acceptors (Lipinski definition) is 2. The van der Waals surface area contributed by atoms with E-state index in [2.05, 4.69) is 0 Å². The Bertz CT molecular complexity index is 63.9. The molecule has 0 saturated carbocycles. The van der Waals surface area contributed by atoms with Crippen molar-refractivity contribution in [3.05, 3.63) is 5.41 Å². The molecule has 0 radical (unpaired) electrons. The van der Waals surface area contributed by atoms with Gasteiger partial charge in [0.2, 0.25) is 0 Å². The highest BCUT2D eigenvalue weighted by Crippen LogP contribution is 1.94. The minimum absolute atomic E-state index is 0.954.